The minimum Gasteiger partial charge on any atom is -0.393 e. The highest BCUT2D eigenvalue weighted by atomic mass is 16.3. The summed E-state index contributed by atoms with van der Waals surface area (Å²) in [5.41, 5.74) is 5.03. The van der Waals surface area contributed by atoms with Crippen LogP contribution < -0.4 is 5.73 Å². The number of aliphatic hydroxyl groups excluding tert-OH is 1. The summed E-state index contributed by atoms with van der Waals surface area (Å²) in [6.07, 6.45) is 0.822. The van der Waals surface area contributed by atoms with Crippen molar-refractivity contribution in [3.8, 4) is 0 Å². The van der Waals surface area contributed by atoms with Crippen molar-refractivity contribution in [3.63, 3.8) is 0 Å². The fourth-order valence-electron chi connectivity index (χ4n) is 1.07. The average Bonchev–Trinajstić information content (AvgIpc) is 2.12. The monoisotopic (exact) mass is 202 g/mol. The molecule has 0 heterocycles. The highest BCUT2D eigenvalue weighted by Crippen LogP contribution is 2.09. The van der Waals surface area contributed by atoms with Crippen LogP contribution in [0.1, 0.15) is 33.6 Å². The second-order valence-electron chi connectivity index (χ2n) is 4.14. The van der Waals surface area contributed by atoms with Crippen molar-refractivity contribution in [1.29, 1.82) is 0 Å². The fourth-order valence-corrected chi connectivity index (χ4v) is 1.07. The molecule has 0 aliphatic rings. The maximum absolute atomic E-state index is 11.7. The van der Waals surface area contributed by atoms with Crippen LogP contribution in [0.3, 0.4) is 0 Å². The standard InChI is InChI=1S/C10H22N2O2/c1-5-10(3,11)9(14)12(4)7-6-8(2)13/h8,13H,5-7,11H2,1-4H3. The third-order valence-corrected chi connectivity index (χ3v) is 2.45. The molecule has 0 fully saturated rings. The SMILES string of the molecule is CCC(C)(N)C(=O)N(C)CCC(C)O. The molecule has 0 aromatic rings. The van der Waals surface area contributed by atoms with E-state index < -0.39 is 5.54 Å². The third kappa shape index (κ3) is 4.07. The molecule has 84 valence electrons. The van der Waals surface area contributed by atoms with Gasteiger partial charge in [0, 0.05) is 13.6 Å². The van der Waals surface area contributed by atoms with Crippen LogP contribution in [0.5, 0.6) is 0 Å². The number of amides is 1. The number of aliphatic hydroxyl groups is 1. The van der Waals surface area contributed by atoms with E-state index in [0.29, 0.717) is 19.4 Å². The topological polar surface area (TPSA) is 66.6 Å². The van der Waals surface area contributed by atoms with Crippen molar-refractivity contribution in [2.45, 2.75) is 45.3 Å². The number of hydrogen-bond donors (Lipinski definition) is 2. The summed E-state index contributed by atoms with van der Waals surface area (Å²) in [7, 11) is 1.71. The highest BCUT2D eigenvalue weighted by molar-refractivity contribution is 5.85. The molecule has 0 aliphatic heterocycles. The zero-order valence-electron chi connectivity index (χ0n) is 9.58. The first kappa shape index (κ1) is 13.4. The molecule has 4 nitrogen and oxygen atoms in total. The van der Waals surface area contributed by atoms with Gasteiger partial charge in [-0.15, -0.1) is 0 Å². The molecule has 0 aromatic heterocycles. The van der Waals surface area contributed by atoms with Crippen molar-refractivity contribution < 1.29 is 9.90 Å². The predicted molar refractivity (Wildman–Crippen MR) is 56.8 cm³/mol. The van der Waals surface area contributed by atoms with E-state index in [4.69, 9.17) is 10.8 Å². The zero-order chi connectivity index (χ0) is 11.4. The van der Waals surface area contributed by atoms with Gasteiger partial charge in [-0.3, -0.25) is 4.79 Å². The molecule has 1 amide bonds. The number of nitrogens with zero attached hydrogens (tertiary/aromatic N) is 1. The van der Waals surface area contributed by atoms with Gasteiger partial charge < -0.3 is 15.7 Å². The fraction of sp³-hybridized carbons (Fsp3) is 0.900. The van der Waals surface area contributed by atoms with Gasteiger partial charge in [0.2, 0.25) is 5.91 Å². The van der Waals surface area contributed by atoms with E-state index in [-0.39, 0.29) is 12.0 Å². The lowest BCUT2D eigenvalue weighted by atomic mass is 9.99. The van der Waals surface area contributed by atoms with E-state index >= 15 is 0 Å². The van der Waals surface area contributed by atoms with Crippen molar-refractivity contribution in [1.82, 2.24) is 4.90 Å². The maximum atomic E-state index is 11.7. The van der Waals surface area contributed by atoms with Gasteiger partial charge in [-0.1, -0.05) is 6.92 Å². The third-order valence-electron chi connectivity index (χ3n) is 2.45. The average molecular weight is 202 g/mol. The minimum absolute atomic E-state index is 0.0688. The van der Waals surface area contributed by atoms with Crippen LogP contribution in [-0.2, 0) is 4.79 Å². The Bertz CT molecular complexity index is 191. The van der Waals surface area contributed by atoms with Crippen molar-refractivity contribution >= 4 is 5.91 Å². The molecule has 0 saturated heterocycles. The van der Waals surface area contributed by atoms with Crippen LogP contribution in [0.25, 0.3) is 0 Å². The Morgan fingerprint density at radius 1 is 1.64 bits per heavy atom. The van der Waals surface area contributed by atoms with Gasteiger partial charge in [0.25, 0.3) is 0 Å². The smallest absolute Gasteiger partial charge is 0.242 e. The summed E-state index contributed by atoms with van der Waals surface area (Å²) in [4.78, 5) is 13.3. The number of hydrogen-bond acceptors (Lipinski definition) is 3. The summed E-state index contributed by atoms with van der Waals surface area (Å²) < 4.78 is 0. The largest absolute Gasteiger partial charge is 0.393 e. The first-order valence-corrected chi connectivity index (χ1v) is 5.03. The number of carbonyl (C=O) groups is 1. The van der Waals surface area contributed by atoms with Crippen LogP contribution in [0.2, 0.25) is 0 Å². The van der Waals surface area contributed by atoms with Gasteiger partial charge in [0.05, 0.1) is 11.6 Å². The molecule has 0 aromatic carbocycles. The van der Waals surface area contributed by atoms with Crippen molar-refractivity contribution in [2.75, 3.05) is 13.6 Å². The number of rotatable bonds is 5. The van der Waals surface area contributed by atoms with Gasteiger partial charge in [0.15, 0.2) is 0 Å². The minimum atomic E-state index is -0.784. The summed E-state index contributed by atoms with van der Waals surface area (Å²) in [5.74, 6) is -0.0688. The number of likely N-dealkylation sites (N-methyl/N-ethyl adjacent to an activating group) is 1. The summed E-state index contributed by atoms with van der Waals surface area (Å²) >= 11 is 0. The van der Waals surface area contributed by atoms with Gasteiger partial charge >= 0.3 is 0 Å². The van der Waals surface area contributed by atoms with E-state index in [1.165, 1.54) is 0 Å². The van der Waals surface area contributed by atoms with Crippen LogP contribution in [0, 0.1) is 0 Å². The second kappa shape index (κ2) is 5.32. The molecule has 0 bridgehead atoms. The molecule has 4 heteroatoms. The first-order valence-electron chi connectivity index (χ1n) is 5.03. The molecular weight excluding hydrogens is 180 g/mol. The summed E-state index contributed by atoms with van der Waals surface area (Å²) in [5, 5.41) is 9.07. The predicted octanol–water partition coefficient (Wildman–Crippen LogP) is 0.343. The van der Waals surface area contributed by atoms with Crippen molar-refractivity contribution in [3.05, 3.63) is 0 Å². The summed E-state index contributed by atoms with van der Waals surface area (Å²) in [6, 6.07) is 0. The normalized spacial score (nSPS) is 17.3. The molecule has 0 saturated carbocycles. The Labute approximate surface area is 86.1 Å². The lowest BCUT2D eigenvalue weighted by molar-refractivity contribution is -0.135. The van der Waals surface area contributed by atoms with Gasteiger partial charge in [-0.25, -0.2) is 0 Å². The zero-order valence-corrected chi connectivity index (χ0v) is 9.58. The molecule has 0 rings (SSSR count). The van der Waals surface area contributed by atoms with Crippen LogP contribution in [-0.4, -0.2) is 41.1 Å². The van der Waals surface area contributed by atoms with E-state index in [0.717, 1.165) is 0 Å². The molecule has 0 radical (unpaired) electrons. The van der Waals surface area contributed by atoms with E-state index in [9.17, 15) is 4.79 Å². The molecule has 2 atom stereocenters. The van der Waals surface area contributed by atoms with E-state index in [2.05, 4.69) is 0 Å². The van der Waals surface area contributed by atoms with Gasteiger partial charge in [0.1, 0.15) is 0 Å². The van der Waals surface area contributed by atoms with E-state index in [1.807, 2.05) is 6.92 Å². The molecule has 3 N–H and O–H groups in total. The first-order chi connectivity index (χ1) is 6.31. The lowest BCUT2D eigenvalue weighted by Gasteiger charge is -2.28. The molecule has 0 aliphatic carbocycles. The summed E-state index contributed by atoms with van der Waals surface area (Å²) in [6.45, 7) is 5.87. The Kier molecular flexibility index (Phi) is 5.08. The van der Waals surface area contributed by atoms with Crippen LogP contribution in [0.15, 0.2) is 0 Å². The molecule has 0 spiro atoms. The second-order valence-corrected chi connectivity index (χ2v) is 4.14. The highest BCUT2D eigenvalue weighted by Gasteiger charge is 2.28. The Morgan fingerprint density at radius 3 is 2.50 bits per heavy atom. The molecule has 14 heavy (non-hydrogen) atoms. The Hall–Kier alpha value is -0.610. The maximum Gasteiger partial charge on any atom is 0.242 e. The Balaban J connectivity index is 4.12. The number of carbonyl (C=O) groups excluding carboxylic acids is 1. The van der Waals surface area contributed by atoms with Crippen LogP contribution in [0.4, 0.5) is 0 Å². The number of nitrogens with two attached hydrogens (primary N) is 1. The quantitative estimate of drug-likeness (QED) is 0.675. The van der Waals surface area contributed by atoms with Gasteiger partial charge in [-0.05, 0) is 26.7 Å². The molecular formula is C10H22N2O2. The lowest BCUT2D eigenvalue weighted by Crippen LogP contribution is -2.52. The van der Waals surface area contributed by atoms with Crippen LogP contribution >= 0.6 is 0 Å². The molecule has 2 unspecified atom stereocenters. The van der Waals surface area contributed by atoms with E-state index in [1.54, 1.807) is 25.8 Å². The Morgan fingerprint density at radius 2 is 2.14 bits per heavy atom. The van der Waals surface area contributed by atoms with Crippen molar-refractivity contribution in [2.24, 2.45) is 5.73 Å². The van der Waals surface area contributed by atoms with Gasteiger partial charge in [-0.2, -0.15) is 0 Å².